The minimum absolute atomic E-state index is 0.127. The van der Waals surface area contributed by atoms with Crippen LogP contribution in [-0.4, -0.2) is 23.6 Å². The van der Waals surface area contributed by atoms with Crippen molar-refractivity contribution in [2.75, 3.05) is 13.1 Å². The van der Waals surface area contributed by atoms with Crippen LogP contribution in [0, 0.1) is 0 Å². The van der Waals surface area contributed by atoms with E-state index in [1.807, 2.05) is 6.07 Å². The highest BCUT2D eigenvalue weighted by Gasteiger charge is 2.09. The van der Waals surface area contributed by atoms with Crippen LogP contribution in [0.5, 0.6) is 0 Å². The van der Waals surface area contributed by atoms with Crippen molar-refractivity contribution < 1.29 is 9.21 Å². The van der Waals surface area contributed by atoms with E-state index in [1.54, 1.807) is 18.2 Å². The second-order valence-corrected chi connectivity index (χ2v) is 3.88. The molecule has 1 aromatic heterocycles. The Labute approximate surface area is 103 Å². The summed E-state index contributed by atoms with van der Waals surface area (Å²) in [7, 11) is 0. The molecular formula is C12H15N3O3. The SMILES string of the molecule is NCCNC(=O)CCn1c(=O)oc2ccccc21. The van der Waals surface area contributed by atoms with Crippen LogP contribution in [0.4, 0.5) is 0 Å². The maximum Gasteiger partial charge on any atom is 0.419 e. The first-order chi connectivity index (χ1) is 8.72. The normalized spacial score (nSPS) is 10.7. The molecule has 96 valence electrons. The molecule has 6 nitrogen and oxygen atoms in total. The number of nitrogens with one attached hydrogen (secondary N) is 1. The number of nitrogens with zero attached hydrogens (tertiary/aromatic N) is 1. The fourth-order valence-electron chi connectivity index (χ4n) is 1.74. The second-order valence-electron chi connectivity index (χ2n) is 3.88. The highest BCUT2D eigenvalue weighted by atomic mass is 16.4. The van der Waals surface area contributed by atoms with Crippen LogP contribution in [0.1, 0.15) is 6.42 Å². The van der Waals surface area contributed by atoms with Crippen molar-refractivity contribution in [3.05, 3.63) is 34.8 Å². The lowest BCUT2D eigenvalue weighted by molar-refractivity contribution is -0.121. The van der Waals surface area contributed by atoms with Gasteiger partial charge >= 0.3 is 5.76 Å². The van der Waals surface area contributed by atoms with Gasteiger partial charge in [-0.15, -0.1) is 0 Å². The van der Waals surface area contributed by atoms with Gasteiger partial charge in [-0.3, -0.25) is 9.36 Å². The molecule has 1 heterocycles. The number of hydrogen-bond acceptors (Lipinski definition) is 4. The van der Waals surface area contributed by atoms with Crippen molar-refractivity contribution in [1.82, 2.24) is 9.88 Å². The number of carbonyl (C=O) groups excluding carboxylic acids is 1. The van der Waals surface area contributed by atoms with E-state index in [0.717, 1.165) is 0 Å². The van der Waals surface area contributed by atoms with Gasteiger partial charge in [-0.1, -0.05) is 12.1 Å². The third-order valence-electron chi connectivity index (χ3n) is 2.60. The van der Waals surface area contributed by atoms with E-state index in [2.05, 4.69) is 5.32 Å². The van der Waals surface area contributed by atoms with Crippen molar-refractivity contribution in [3.8, 4) is 0 Å². The number of nitrogens with two attached hydrogens (primary N) is 1. The highest BCUT2D eigenvalue weighted by molar-refractivity contribution is 5.76. The van der Waals surface area contributed by atoms with E-state index >= 15 is 0 Å². The second kappa shape index (κ2) is 5.50. The molecule has 0 saturated heterocycles. The van der Waals surface area contributed by atoms with Crippen molar-refractivity contribution in [1.29, 1.82) is 0 Å². The molecule has 1 amide bonds. The molecular weight excluding hydrogens is 234 g/mol. The average Bonchev–Trinajstić information content (AvgIpc) is 2.69. The van der Waals surface area contributed by atoms with E-state index in [0.29, 0.717) is 30.7 Å². The van der Waals surface area contributed by atoms with Crippen LogP contribution >= 0.6 is 0 Å². The zero-order valence-corrected chi connectivity index (χ0v) is 9.89. The number of aromatic nitrogens is 1. The minimum atomic E-state index is -0.442. The zero-order valence-electron chi connectivity index (χ0n) is 9.89. The third kappa shape index (κ3) is 2.60. The minimum Gasteiger partial charge on any atom is -0.408 e. The van der Waals surface area contributed by atoms with Gasteiger partial charge in [-0.2, -0.15) is 0 Å². The lowest BCUT2D eigenvalue weighted by Gasteiger charge is -2.03. The van der Waals surface area contributed by atoms with Crippen LogP contribution in [0.2, 0.25) is 0 Å². The summed E-state index contributed by atoms with van der Waals surface area (Å²) in [5.74, 6) is -0.569. The number of amides is 1. The maximum absolute atomic E-state index is 11.6. The Balaban J connectivity index is 2.10. The van der Waals surface area contributed by atoms with Crippen molar-refractivity contribution >= 4 is 17.0 Å². The van der Waals surface area contributed by atoms with E-state index < -0.39 is 5.76 Å². The summed E-state index contributed by atoms with van der Waals surface area (Å²) >= 11 is 0. The molecule has 0 aliphatic carbocycles. The summed E-state index contributed by atoms with van der Waals surface area (Å²) in [4.78, 5) is 23.0. The molecule has 3 N–H and O–H groups in total. The van der Waals surface area contributed by atoms with Gasteiger partial charge in [0, 0.05) is 26.1 Å². The molecule has 0 atom stereocenters. The van der Waals surface area contributed by atoms with E-state index in [-0.39, 0.29) is 12.3 Å². The molecule has 0 bridgehead atoms. The number of carbonyl (C=O) groups is 1. The van der Waals surface area contributed by atoms with Gasteiger partial charge in [0.15, 0.2) is 5.58 Å². The molecule has 2 rings (SSSR count). The first-order valence-corrected chi connectivity index (χ1v) is 5.77. The highest BCUT2D eigenvalue weighted by Crippen LogP contribution is 2.11. The molecule has 0 radical (unpaired) electrons. The Morgan fingerprint density at radius 1 is 1.39 bits per heavy atom. The molecule has 6 heteroatoms. The summed E-state index contributed by atoms with van der Waals surface area (Å²) in [6, 6.07) is 7.13. The maximum atomic E-state index is 11.6. The standard InChI is InChI=1S/C12H15N3O3/c13-6-7-14-11(16)5-8-15-9-3-1-2-4-10(9)18-12(15)17/h1-4H,5-8,13H2,(H,14,16). The van der Waals surface area contributed by atoms with E-state index in [4.69, 9.17) is 10.2 Å². The number of fused-ring (bicyclic) bond motifs is 1. The molecule has 0 saturated carbocycles. The number of rotatable bonds is 5. The van der Waals surface area contributed by atoms with Crippen molar-refractivity contribution in [3.63, 3.8) is 0 Å². The molecule has 1 aromatic carbocycles. The Kier molecular flexibility index (Phi) is 3.78. The van der Waals surface area contributed by atoms with Crippen molar-refractivity contribution in [2.24, 2.45) is 5.73 Å². The van der Waals surface area contributed by atoms with Crippen molar-refractivity contribution in [2.45, 2.75) is 13.0 Å². The fraction of sp³-hybridized carbons (Fsp3) is 0.333. The predicted octanol–water partition coefficient (Wildman–Crippen LogP) is 0.0595. The van der Waals surface area contributed by atoms with E-state index in [1.165, 1.54) is 4.57 Å². The van der Waals surface area contributed by atoms with Gasteiger partial charge in [0.05, 0.1) is 5.52 Å². The Morgan fingerprint density at radius 3 is 2.94 bits per heavy atom. The third-order valence-corrected chi connectivity index (χ3v) is 2.60. The van der Waals surface area contributed by atoms with Crippen LogP contribution in [0.15, 0.2) is 33.5 Å². The first kappa shape index (κ1) is 12.4. The average molecular weight is 249 g/mol. The Hall–Kier alpha value is -2.08. The number of hydrogen-bond donors (Lipinski definition) is 2. The molecule has 0 fully saturated rings. The van der Waals surface area contributed by atoms with Crippen LogP contribution in [0.3, 0.4) is 0 Å². The quantitative estimate of drug-likeness (QED) is 0.784. The van der Waals surface area contributed by atoms with E-state index in [9.17, 15) is 9.59 Å². The summed E-state index contributed by atoms with van der Waals surface area (Å²) in [6.07, 6.45) is 0.226. The lowest BCUT2D eigenvalue weighted by atomic mass is 10.3. The van der Waals surface area contributed by atoms with Crippen LogP contribution in [-0.2, 0) is 11.3 Å². The summed E-state index contributed by atoms with van der Waals surface area (Å²) < 4.78 is 6.52. The Bertz CT molecular complexity index is 600. The number of aryl methyl sites for hydroxylation is 1. The smallest absolute Gasteiger partial charge is 0.408 e. The molecule has 0 aliphatic heterocycles. The van der Waals surface area contributed by atoms with Crippen LogP contribution in [0.25, 0.3) is 11.1 Å². The number of para-hydroxylation sites is 2. The zero-order chi connectivity index (χ0) is 13.0. The molecule has 0 aliphatic rings. The topological polar surface area (TPSA) is 90.3 Å². The van der Waals surface area contributed by atoms with Gasteiger partial charge in [-0.25, -0.2) is 4.79 Å². The predicted molar refractivity (Wildman–Crippen MR) is 67.2 cm³/mol. The molecule has 18 heavy (non-hydrogen) atoms. The van der Waals surface area contributed by atoms with Gasteiger partial charge in [0.2, 0.25) is 5.91 Å². The lowest BCUT2D eigenvalue weighted by Crippen LogP contribution is -2.30. The fourth-order valence-corrected chi connectivity index (χ4v) is 1.74. The van der Waals surface area contributed by atoms with Crippen LogP contribution < -0.4 is 16.8 Å². The first-order valence-electron chi connectivity index (χ1n) is 5.77. The number of benzene rings is 1. The van der Waals surface area contributed by atoms with Gasteiger partial charge < -0.3 is 15.5 Å². The molecule has 0 spiro atoms. The summed E-state index contributed by atoms with van der Waals surface area (Å²) in [5.41, 5.74) is 6.52. The largest absolute Gasteiger partial charge is 0.419 e. The molecule has 0 unspecified atom stereocenters. The van der Waals surface area contributed by atoms with Gasteiger partial charge in [0.25, 0.3) is 0 Å². The summed E-state index contributed by atoms with van der Waals surface area (Å²) in [5, 5.41) is 2.65. The number of oxazole rings is 1. The summed E-state index contributed by atoms with van der Waals surface area (Å²) in [6.45, 7) is 1.15. The van der Waals surface area contributed by atoms with Gasteiger partial charge in [0.1, 0.15) is 0 Å². The van der Waals surface area contributed by atoms with Gasteiger partial charge in [-0.05, 0) is 12.1 Å². The monoisotopic (exact) mass is 249 g/mol. The molecule has 2 aromatic rings. The Morgan fingerprint density at radius 2 is 2.17 bits per heavy atom.